The van der Waals surface area contributed by atoms with Crippen LogP contribution in [0, 0.1) is 6.92 Å². The van der Waals surface area contributed by atoms with Crippen molar-refractivity contribution < 1.29 is 19.4 Å². The lowest BCUT2D eigenvalue weighted by molar-refractivity contribution is 0.0691. The van der Waals surface area contributed by atoms with E-state index in [-0.39, 0.29) is 17.9 Å². The fraction of sp³-hybridized carbons (Fsp3) is 0.200. The molecule has 1 heterocycles. The number of carbonyl (C=O) groups is 1. The van der Waals surface area contributed by atoms with Crippen LogP contribution in [0.3, 0.4) is 0 Å². The summed E-state index contributed by atoms with van der Waals surface area (Å²) in [6.45, 7) is 1.98. The van der Waals surface area contributed by atoms with Crippen LogP contribution in [-0.4, -0.2) is 23.2 Å². The fourth-order valence-electron chi connectivity index (χ4n) is 1.84. The van der Waals surface area contributed by atoms with Crippen LogP contribution in [0.5, 0.6) is 11.5 Å². The first-order valence-electron chi connectivity index (χ1n) is 6.17. The van der Waals surface area contributed by atoms with Crippen LogP contribution in [0.2, 0.25) is 5.02 Å². The van der Waals surface area contributed by atoms with Crippen LogP contribution in [0.4, 0.5) is 0 Å². The molecule has 1 aromatic carbocycles. The first-order chi connectivity index (χ1) is 9.99. The van der Waals surface area contributed by atoms with Crippen molar-refractivity contribution in [2.45, 2.75) is 13.5 Å². The number of pyridine rings is 1. The molecular formula is C15H14ClNO4. The number of hydrogen-bond acceptors (Lipinski definition) is 4. The van der Waals surface area contributed by atoms with Gasteiger partial charge in [-0.05, 0) is 25.1 Å². The van der Waals surface area contributed by atoms with Gasteiger partial charge in [0.2, 0.25) is 0 Å². The summed E-state index contributed by atoms with van der Waals surface area (Å²) in [5.74, 6) is -0.174. The monoisotopic (exact) mass is 307 g/mol. The van der Waals surface area contributed by atoms with Crippen LogP contribution >= 0.6 is 11.6 Å². The molecule has 0 radical (unpaired) electrons. The summed E-state index contributed by atoms with van der Waals surface area (Å²) < 4.78 is 10.7. The van der Waals surface area contributed by atoms with Crippen molar-refractivity contribution in [1.82, 2.24) is 4.98 Å². The lowest BCUT2D eigenvalue weighted by atomic mass is 10.2. The fourth-order valence-corrected chi connectivity index (χ4v) is 2.01. The Bertz CT molecular complexity index is 673. The minimum Gasteiger partial charge on any atom is -0.497 e. The molecule has 0 fully saturated rings. The summed E-state index contributed by atoms with van der Waals surface area (Å²) in [7, 11) is 1.57. The number of aryl methyl sites for hydroxylation is 1. The molecule has 0 aliphatic rings. The molecule has 1 aromatic heterocycles. The molecule has 0 aliphatic heterocycles. The third-order valence-corrected chi connectivity index (χ3v) is 3.00. The van der Waals surface area contributed by atoms with Gasteiger partial charge in [0.25, 0.3) is 0 Å². The number of aromatic nitrogens is 1. The second-order valence-corrected chi connectivity index (χ2v) is 4.81. The number of aromatic carboxylic acids is 1. The van der Waals surface area contributed by atoms with Gasteiger partial charge < -0.3 is 14.6 Å². The van der Waals surface area contributed by atoms with Gasteiger partial charge in [0.1, 0.15) is 23.7 Å². The van der Waals surface area contributed by atoms with E-state index in [1.807, 2.05) is 6.92 Å². The zero-order chi connectivity index (χ0) is 15.4. The molecule has 21 heavy (non-hydrogen) atoms. The Kier molecular flexibility index (Phi) is 4.65. The number of halogens is 1. The van der Waals surface area contributed by atoms with E-state index < -0.39 is 5.97 Å². The zero-order valence-electron chi connectivity index (χ0n) is 11.6. The second kappa shape index (κ2) is 6.45. The number of hydrogen-bond donors (Lipinski definition) is 1. The smallest absolute Gasteiger partial charge is 0.339 e. The second-order valence-electron chi connectivity index (χ2n) is 4.37. The van der Waals surface area contributed by atoms with Gasteiger partial charge in [-0.25, -0.2) is 4.79 Å². The van der Waals surface area contributed by atoms with Gasteiger partial charge in [-0.1, -0.05) is 11.6 Å². The molecule has 0 bridgehead atoms. The molecule has 6 heteroatoms. The Labute approximate surface area is 127 Å². The largest absolute Gasteiger partial charge is 0.497 e. The Morgan fingerprint density at radius 3 is 2.76 bits per heavy atom. The van der Waals surface area contributed by atoms with Crippen molar-refractivity contribution in [2.75, 3.05) is 7.11 Å². The number of carboxylic acid groups (broad SMARTS) is 1. The van der Waals surface area contributed by atoms with Gasteiger partial charge >= 0.3 is 5.97 Å². The Morgan fingerprint density at radius 1 is 1.33 bits per heavy atom. The Morgan fingerprint density at radius 2 is 2.10 bits per heavy atom. The highest BCUT2D eigenvalue weighted by Gasteiger charge is 2.12. The van der Waals surface area contributed by atoms with Gasteiger partial charge in [0.15, 0.2) is 0 Å². The van der Waals surface area contributed by atoms with Crippen molar-refractivity contribution in [3.05, 3.63) is 52.3 Å². The van der Waals surface area contributed by atoms with E-state index in [1.54, 1.807) is 25.3 Å². The molecule has 0 spiro atoms. The van der Waals surface area contributed by atoms with E-state index in [9.17, 15) is 4.79 Å². The first-order valence-corrected chi connectivity index (χ1v) is 6.54. The van der Waals surface area contributed by atoms with E-state index in [0.29, 0.717) is 16.5 Å². The quantitative estimate of drug-likeness (QED) is 0.917. The topological polar surface area (TPSA) is 68.7 Å². The van der Waals surface area contributed by atoms with Gasteiger partial charge in [-0.15, -0.1) is 0 Å². The van der Waals surface area contributed by atoms with Crippen molar-refractivity contribution >= 4 is 17.6 Å². The summed E-state index contributed by atoms with van der Waals surface area (Å²) in [4.78, 5) is 15.5. The van der Waals surface area contributed by atoms with Crippen molar-refractivity contribution in [3.8, 4) is 11.5 Å². The molecule has 0 atom stereocenters. The van der Waals surface area contributed by atoms with Crippen LogP contribution in [0.15, 0.2) is 30.3 Å². The summed E-state index contributed by atoms with van der Waals surface area (Å²) in [5, 5.41) is 9.48. The molecule has 110 valence electrons. The third kappa shape index (κ3) is 3.86. The molecule has 0 amide bonds. The highest BCUT2D eigenvalue weighted by molar-refractivity contribution is 6.31. The molecule has 1 N–H and O–H groups in total. The average molecular weight is 308 g/mol. The number of ether oxygens (including phenoxy) is 2. The number of rotatable bonds is 5. The molecule has 0 saturated heterocycles. The normalized spacial score (nSPS) is 10.2. The van der Waals surface area contributed by atoms with E-state index in [4.69, 9.17) is 26.2 Å². The maximum Gasteiger partial charge on any atom is 0.339 e. The third-order valence-electron chi connectivity index (χ3n) is 2.76. The van der Waals surface area contributed by atoms with Crippen molar-refractivity contribution in [1.29, 1.82) is 0 Å². The first kappa shape index (κ1) is 15.1. The molecule has 0 unspecified atom stereocenters. The van der Waals surface area contributed by atoms with Gasteiger partial charge in [0, 0.05) is 22.8 Å². The van der Waals surface area contributed by atoms with E-state index in [2.05, 4.69) is 4.98 Å². The highest BCUT2D eigenvalue weighted by Crippen LogP contribution is 2.24. The van der Waals surface area contributed by atoms with Gasteiger partial charge in [-0.2, -0.15) is 0 Å². The number of benzene rings is 1. The number of nitrogens with zero attached hydrogens (tertiary/aromatic N) is 1. The Hall–Kier alpha value is -2.27. The summed E-state index contributed by atoms with van der Waals surface area (Å²) in [6.07, 6.45) is 0. The molecular weight excluding hydrogens is 294 g/mol. The number of methoxy groups -OCH3 is 1. The predicted molar refractivity (Wildman–Crippen MR) is 78.3 cm³/mol. The van der Waals surface area contributed by atoms with Crippen LogP contribution in [0.25, 0.3) is 0 Å². The van der Waals surface area contributed by atoms with E-state index in [0.717, 1.165) is 5.69 Å². The lowest BCUT2D eigenvalue weighted by Crippen LogP contribution is -2.05. The maximum atomic E-state index is 11.2. The minimum atomic E-state index is -1.10. The highest BCUT2D eigenvalue weighted by atomic mass is 35.5. The lowest BCUT2D eigenvalue weighted by Gasteiger charge is -2.10. The summed E-state index contributed by atoms with van der Waals surface area (Å²) in [5.41, 5.74) is 1.46. The van der Waals surface area contributed by atoms with E-state index >= 15 is 0 Å². The SMILES string of the molecule is COc1cc(C)nc(COc2ccc(Cl)cc2C(=O)O)c1. The van der Waals surface area contributed by atoms with Crippen molar-refractivity contribution in [3.63, 3.8) is 0 Å². The maximum absolute atomic E-state index is 11.2. The van der Waals surface area contributed by atoms with Crippen LogP contribution < -0.4 is 9.47 Å². The Balaban J connectivity index is 2.20. The molecule has 0 saturated carbocycles. The standard InChI is InChI=1S/C15H14ClNO4/c1-9-5-12(20-2)7-11(17-9)8-21-14-4-3-10(16)6-13(14)15(18)19/h3-7H,8H2,1-2H3,(H,18,19). The zero-order valence-corrected chi connectivity index (χ0v) is 12.3. The molecule has 5 nitrogen and oxygen atoms in total. The predicted octanol–water partition coefficient (Wildman–Crippen LogP) is 3.33. The average Bonchev–Trinajstić information content (AvgIpc) is 2.45. The van der Waals surface area contributed by atoms with Crippen molar-refractivity contribution in [2.24, 2.45) is 0 Å². The number of carboxylic acids is 1. The van der Waals surface area contributed by atoms with Crippen LogP contribution in [-0.2, 0) is 6.61 Å². The molecule has 2 aromatic rings. The molecule has 0 aliphatic carbocycles. The van der Waals surface area contributed by atoms with Crippen LogP contribution in [0.1, 0.15) is 21.7 Å². The summed E-state index contributed by atoms with van der Waals surface area (Å²) in [6, 6.07) is 7.99. The molecule has 2 rings (SSSR count). The van der Waals surface area contributed by atoms with Gasteiger partial charge in [0.05, 0.1) is 12.8 Å². The minimum absolute atomic E-state index is 0.0159. The van der Waals surface area contributed by atoms with Gasteiger partial charge in [-0.3, -0.25) is 4.98 Å². The van der Waals surface area contributed by atoms with E-state index in [1.165, 1.54) is 12.1 Å². The summed E-state index contributed by atoms with van der Waals surface area (Å²) >= 11 is 5.79.